The van der Waals surface area contributed by atoms with E-state index in [4.69, 9.17) is 4.98 Å². The largest absolute Gasteiger partial charge is 0.394 e. The molecule has 192 valence electrons. The second-order valence-electron chi connectivity index (χ2n) is 10.8. The molecule has 2 aliphatic rings. The van der Waals surface area contributed by atoms with Crippen LogP contribution in [-0.4, -0.2) is 73.2 Å². The number of aliphatic hydroxyl groups is 1. The summed E-state index contributed by atoms with van der Waals surface area (Å²) in [5.74, 6) is 1.07. The van der Waals surface area contributed by atoms with E-state index in [0.29, 0.717) is 30.4 Å². The average Bonchev–Trinajstić information content (AvgIpc) is 3.48. The molecular formula is C25H33N7O3S. The fourth-order valence-electron chi connectivity index (χ4n) is 4.40. The van der Waals surface area contributed by atoms with Crippen molar-refractivity contribution in [3.63, 3.8) is 0 Å². The SMILES string of the molecule is CC(C)(C)C(CO)Nc1cc(C(=O)N2CCC(NC(=O)C3CC3)CC2)nc(-c2cnn3ccsc23)n1. The number of aromatic nitrogens is 4. The number of nitrogens with zero attached hydrogens (tertiary/aromatic N) is 5. The van der Waals surface area contributed by atoms with Crippen LogP contribution in [0.2, 0.25) is 0 Å². The Hall–Kier alpha value is -3.05. The van der Waals surface area contributed by atoms with E-state index in [1.807, 2.05) is 32.3 Å². The number of rotatable bonds is 7. The van der Waals surface area contributed by atoms with E-state index in [9.17, 15) is 14.7 Å². The van der Waals surface area contributed by atoms with Crippen LogP contribution in [0.25, 0.3) is 16.2 Å². The summed E-state index contributed by atoms with van der Waals surface area (Å²) in [5, 5.41) is 22.7. The molecule has 0 aromatic carbocycles. The van der Waals surface area contributed by atoms with Gasteiger partial charge in [0.15, 0.2) is 5.82 Å². The third-order valence-electron chi connectivity index (χ3n) is 6.94. The maximum atomic E-state index is 13.5. The van der Waals surface area contributed by atoms with Gasteiger partial charge in [0, 0.05) is 42.7 Å². The van der Waals surface area contributed by atoms with Gasteiger partial charge in [-0.2, -0.15) is 5.10 Å². The Morgan fingerprint density at radius 1 is 1.19 bits per heavy atom. The zero-order valence-corrected chi connectivity index (χ0v) is 21.7. The number of likely N-dealkylation sites (tertiary alicyclic amines) is 1. The van der Waals surface area contributed by atoms with Gasteiger partial charge < -0.3 is 20.6 Å². The first-order chi connectivity index (χ1) is 17.2. The van der Waals surface area contributed by atoms with E-state index in [1.54, 1.807) is 21.7 Å². The van der Waals surface area contributed by atoms with Gasteiger partial charge in [0.1, 0.15) is 16.3 Å². The fraction of sp³-hybridized carbons (Fsp3) is 0.560. The van der Waals surface area contributed by atoms with E-state index < -0.39 is 0 Å². The number of piperidine rings is 1. The van der Waals surface area contributed by atoms with Gasteiger partial charge in [-0.25, -0.2) is 14.5 Å². The van der Waals surface area contributed by atoms with Crippen molar-refractivity contribution in [1.29, 1.82) is 0 Å². The maximum Gasteiger partial charge on any atom is 0.272 e. The Bertz CT molecular complexity index is 1250. The number of carbonyl (C=O) groups is 2. The normalized spacial score (nSPS) is 17.8. The number of carbonyl (C=O) groups excluding carboxylic acids is 2. The first-order valence-electron chi connectivity index (χ1n) is 12.5. The third kappa shape index (κ3) is 5.22. The minimum absolute atomic E-state index is 0.0742. The molecule has 1 unspecified atom stereocenters. The Kier molecular flexibility index (Phi) is 6.69. The Morgan fingerprint density at radius 3 is 2.61 bits per heavy atom. The molecule has 3 N–H and O–H groups in total. The van der Waals surface area contributed by atoms with Crippen molar-refractivity contribution in [2.24, 2.45) is 11.3 Å². The van der Waals surface area contributed by atoms with Gasteiger partial charge in [-0.1, -0.05) is 20.8 Å². The summed E-state index contributed by atoms with van der Waals surface area (Å²) in [6.07, 6.45) is 6.99. The van der Waals surface area contributed by atoms with E-state index >= 15 is 0 Å². The lowest BCUT2D eigenvalue weighted by atomic mass is 9.87. The van der Waals surface area contributed by atoms with Crippen LogP contribution in [0.5, 0.6) is 0 Å². The van der Waals surface area contributed by atoms with Crippen molar-refractivity contribution >= 4 is 33.8 Å². The summed E-state index contributed by atoms with van der Waals surface area (Å²) in [5.41, 5.74) is 0.820. The van der Waals surface area contributed by atoms with Crippen LogP contribution in [0.1, 0.15) is 56.9 Å². The van der Waals surface area contributed by atoms with Crippen LogP contribution in [0, 0.1) is 11.3 Å². The van der Waals surface area contributed by atoms with Gasteiger partial charge in [0.2, 0.25) is 5.91 Å². The molecule has 2 fully saturated rings. The highest BCUT2D eigenvalue weighted by atomic mass is 32.1. The molecule has 1 saturated carbocycles. The Morgan fingerprint density at radius 2 is 1.94 bits per heavy atom. The van der Waals surface area contributed by atoms with Crippen LogP contribution in [-0.2, 0) is 4.79 Å². The summed E-state index contributed by atoms with van der Waals surface area (Å²) < 4.78 is 1.76. The molecule has 36 heavy (non-hydrogen) atoms. The number of hydrogen-bond donors (Lipinski definition) is 3. The van der Waals surface area contributed by atoms with Crippen molar-refractivity contribution in [1.82, 2.24) is 29.8 Å². The summed E-state index contributed by atoms with van der Waals surface area (Å²) in [6, 6.07) is 1.51. The molecule has 0 spiro atoms. The lowest BCUT2D eigenvalue weighted by Crippen LogP contribution is -2.47. The zero-order chi connectivity index (χ0) is 25.4. The lowest BCUT2D eigenvalue weighted by molar-refractivity contribution is -0.123. The quantitative estimate of drug-likeness (QED) is 0.445. The van der Waals surface area contributed by atoms with Gasteiger partial charge in [0.05, 0.1) is 24.4 Å². The topological polar surface area (TPSA) is 125 Å². The second-order valence-corrected chi connectivity index (χ2v) is 11.7. The van der Waals surface area contributed by atoms with Crippen LogP contribution in [0.3, 0.4) is 0 Å². The summed E-state index contributed by atoms with van der Waals surface area (Å²) in [4.78, 5) is 37.7. The zero-order valence-electron chi connectivity index (χ0n) is 20.9. The van der Waals surface area contributed by atoms with E-state index in [0.717, 1.165) is 36.1 Å². The molecule has 1 atom stereocenters. The van der Waals surface area contributed by atoms with Gasteiger partial charge >= 0.3 is 0 Å². The van der Waals surface area contributed by atoms with E-state index in [-0.39, 0.29) is 41.8 Å². The summed E-state index contributed by atoms with van der Waals surface area (Å²) >= 11 is 1.53. The van der Waals surface area contributed by atoms with Crippen LogP contribution in [0.15, 0.2) is 23.8 Å². The van der Waals surface area contributed by atoms with Crippen molar-refractivity contribution < 1.29 is 14.7 Å². The second kappa shape index (κ2) is 9.78. The molecule has 2 amide bonds. The van der Waals surface area contributed by atoms with Crippen LogP contribution >= 0.6 is 11.3 Å². The van der Waals surface area contributed by atoms with Gasteiger partial charge in [0.25, 0.3) is 5.91 Å². The minimum atomic E-state index is -0.261. The smallest absolute Gasteiger partial charge is 0.272 e. The molecule has 1 aliphatic heterocycles. The van der Waals surface area contributed by atoms with Crippen LogP contribution < -0.4 is 10.6 Å². The van der Waals surface area contributed by atoms with E-state index in [1.165, 1.54) is 11.3 Å². The molecule has 0 bridgehead atoms. The van der Waals surface area contributed by atoms with Crippen LogP contribution in [0.4, 0.5) is 5.82 Å². The summed E-state index contributed by atoms with van der Waals surface area (Å²) in [7, 11) is 0. The molecule has 1 aliphatic carbocycles. The van der Waals surface area contributed by atoms with Crippen molar-refractivity contribution in [2.75, 3.05) is 25.0 Å². The maximum absolute atomic E-state index is 13.5. The first kappa shape index (κ1) is 24.6. The van der Waals surface area contributed by atoms with Gasteiger partial charge in [-0.3, -0.25) is 9.59 Å². The fourth-order valence-corrected chi connectivity index (χ4v) is 5.19. The number of nitrogens with one attached hydrogen (secondary N) is 2. The molecule has 4 heterocycles. The van der Waals surface area contributed by atoms with E-state index in [2.05, 4.69) is 20.7 Å². The lowest BCUT2D eigenvalue weighted by Gasteiger charge is -2.32. The van der Waals surface area contributed by atoms with Gasteiger partial charge in [-0.15, -0.1) is 11.3 Å². The predicted molar refractivity (Wildman–Crippen MR) is 138 cm³/mol. The molecule has 3 aromatic heterocycles. The first-order valence-corrected chi connectivity index (χ1v) is 13.4. The highest BCUT2D eigenvalue weighted by Crippen LogP contribution is 2.30. The third-order valence-corrected chi connectivity index (χ3v) is 7.83. The number of aliphatic hydroxyl groups excluding tert-OH is 1. The molecule has 1 saturated heterocycles. The predicted octanol–water partition coefficient (Wildman–Crippen LogP) is 2.80. The molecule has 10 nitrogen and oxygen atoms in total. The van der Waals surface area contributed by atoms with Crippen molar-refractivity contribution in [3.05, 3.63) is 29.5 Å². The monoisotopic (exact) mass is 511 g/mol. The summed E-state index contributed by atoms with van der Waals surface area (Å²) in [6.45, 7) is 7.15. The number of hydrogen-bond acceptors (Lipinski definition) is 8. The minimum Gasteiger partial charge on any atom is -0.394 e. The highest BCUT2D eigenvalue weighted by molar-refractivity contribution is 7.16. The molecule has 3 aromatic rings. The average molecular weight is 512 g/mol. The standard InChI is InChI=1S/C25H33N7O3S/c1-25(2,3)19(14-33)29-20-12-18(28-21(30-20)17-13-26-32-10-11-36-24(17)32)23(35)31-8-6-16(7-9-31)27-22(34)15-4-5-15/h10-13,15-16,19,33H,4-9,14H2,1-3H3,(H,27,34)(H,28,29,30). The Balaban J connectivity index is 1.39. The Labute approximate surface area is 214 Å². The van der Waals surface area contributed by atoms with Crippen molar-refractivity contribution in [3.8, 4) is 11.4 Å². The number of fused-ring (bicyclic) bond motifs is 1. The molecule has 0 radical (unpaired) electrons. The highest BCUT2D eigenvalue weighted by Gasteiger charge is 2.33. The molecule has 11 heteroatoms. The number of thiazole rings is 1. The molecular weight excluding hydrogens is 478 g/mol. The molecule has 5 rings (SSSR count). The van der Waals surface area contributed by atoms with Gasteiger partial charge in [-0.05, 0) is 31.1 Å². The number of anilines is 1. The number of amides is 2. The van der Waals surface area contributed by atoms with Crippen molar-refractivity contribution in [2.45, 2.75) is 58.5 Å².